The second-order valence-corrected chi connectivity index (χ2v) is 6.48. The van der Waals surface area contributed by atoms with Gasteiger partial charge in [0.2, 0.25) is 0 Å². The highest BCUT2D eigenvalue weighted by atomic mass is 32.1. The highest BCUT2D eigenvalue weighted by Crippen LogP contribution is 2.33. The summed E-state index contributed by atoms with van der Waals surface area (Å²) in [4.78, 5) is 4.11. The molecule has 1 aromatic rings. The van der Waals surface area contributed by atoms with Crippen molar-refractivity contribution >= 4 is 11.3 Å². The topological polar surface area (TPSA) is 15.3 Å². The fourth-order valence-electron chi connectivity index (χ4n) is 3.40. The fraction of sp³-hybridized carbons (Fsp3) is 0.714. The standard InChI is InChI=1S/C14H22N2S/c1-2-16(10-13-4-3-7-17-13)9-11-8-12-5-6-14(11)15-12/h3-4,7,11-12,14-15H,2,5-6,8-10H2,1H3. The summed E-state index contributed by atoms with van der Waals surface area (Å²) in [5.74, 6) is 0.897. The van der Waals surface area contributed by atoms with Gasteiger partial charge in [-0.1, -0.05) is 13.0 Å². The van der Waals surface area contributed by atoms with Crippen molar-refractivity contribution in [2.24, 2.45) is 5.92 Å². The van der Waals surface area contributed by atoms with Crippen molar-refractivity contribution in [1.82, 2.24) is 10.2 Å². The van der Waals surface area contributed by atoms with Gasteiger partial charge in [0.05, 0.1) is 0 Å². The molecule has 17 heavy (non-hydrogen) atoms. The molecule has 2 fully saturated rings. The van der Waals surface area contributed by atoms with Crippen molar-refractivity contribution in [2.45, 2.75) is 44.8 Å². The van der Waals surface area contributed by atoms with E-state index in [0.717, 1.165) is 24.5 Å². The molecule has 0 aromatic carbocycles. The van der Waals surface area contributed by atoms with Gasteiger partial charge in [0.1, 0.15) is 0 Å². The Morgan fingerprint density at radius 3 is 3.00 bits per heavy atom. The molecular weight excluding hydrogens is 228 g/mol. The first-order valence-electron chi connectivity index (χ1n) is 6.86. The van der Waals surface area contributed by atoms with Crippen LogP contribution in [0, 0.1) is 5.92 Å². The van der Waals surface area contributed by atoms with Crippen LogP contribution in [0.2, 0.25) is 0 Å². The van der Waals surface area contributed by atoms with Crippen molar-refractivity contribution in [2.75, 3.05) is 13.1 Å². The minimum atomic E-state index is 0.817. The van der Waals surface area contributed by atoms with Crippen LogP contribution in [-0.4, -0.2) is 30.1 Å². The molecule has 2 bridgehead atoms. The first-order chi connectivity index (χ1) is 8.35. The lowest BCUT2D eigenvalue weighted by molar-refractivity contribution is 0.214. The summed E-state index contributed by atoms with van der Waals surface area (Å²) in [7, 11) is 0. The van der Waals surface area contributed by atoms with Crippen LogP contribution in [0.3, 0.4) is 0 Å². The molecule has 2 aliphatic heterocycles. The van der Waals surface area contributed by atoms with Gasteiger partial charge in [-0.15, -0.1) is 11.3 Å². The Kier molecular flexibility index (Phi) is 3.50. The van der Waals surface area contributed by atoms with E-state index in [4.69, 9.17) is 0 Å². The number of nitrogens with zero attached hydrogens (tertiary/aromatic N) is 1. The number of fused-ring (bicyclic) bond motifs is 2. The third kappa shape index (κ3) is 2.56. The van der Waals surface area contributed by atoms with E-state index in [1.807, 2.05) is 11.3 Å². The summed E-state index contributed by atoms with van der Waals surface area (Å²) >= 11 is 1.88. The normalized spacial score (nSPS) is 31.5. The van der Waals surface area contributed by atoms with E-state index in [1.165, 1.54) is 37.2 Å². The molecule has 0 amide bonds. The molecular formula is C14H22N2S. The number of thiophene rings is 1. The average Bonchev–Trinajstić information content (AvgIpc) is 3.04. The molecule has 2 nitrogen and oxygen atoms in total. The Hall–Kier alpha value is -0.380. The second kappa shape index (κ2) is 5.09. The number of nitrogens with one attached hydrogen (secondary N) is 1. The highest BCUT2D eigenvalue weighted by molar-refractivity contribution is 7.09. The summed E-state index contributed by atoms with van der Waals surface area (Å²) in [6, 6.07) is 6.07. The lowest BCUT2D eigenvalue weighted by Gasteiger charge is -2.27. The van der Waals surface area contributed by atoms with Crippen LogP contribution in [-0.2, 0) is 6.54 Å². The average molecular weight is 250 g/mol. The van der Waals surface area contributed by atoms with E-state index >= 15 is 0 Å². The van der Waals surface area contributed by atoms with E-state index in [0.29, 0.717) is 0 Å². The minimum absolute atomic E-state index is 0.817. The van der Waals surface area contributed by atoms with Gasteiger partial charge < -0.3 is 5.32 Å². The van der Waals surface area contributed by atoms with Gasteiger partial charge in [0.15, 0.2) is 0 Å². The molecule has 0 radical (unpaired) electrons. The Morgan fingerprint density at radius 2 is 2.41 bits per heavy atom. The lowest BCUT2D eigenvalue weighted by atomic mass is 9.89. The van der Waals surface area contributed by atoms with Crippen LogP contribution >= 0.6 is 11.3 Å². The Morgan fingerprint density at radius 1 is 1.47 bits per heavy atom. The maximum atomic E-state index is 3.74. The van der Waals surface area contributed by atoms with Crippen molar-refractivity contribution in [3.05, 3.63) is 22.4 Å². The quantitative estimate of drug-likeness (QED) is 0.864. The molecule has 1 N–H and O–H groups in total. The molecule has 3 atom stereocenters. The van der Waals surface area contributed by atoms with Crippen LogP contribution in [0.1, 0.15) is 31.1 Å². The predicted octanol–water partition coefficient (Wildman–Crippen LogP) is 2.71. The third-order valence-electron chi connectivity index (χ3n) is 4.33. The Balaban J connectivity index is 1.55. The number of hydrogen-bond acceptors (Lipinski definition) is 3. The summed E-state index contributed by atoms with van der Waals surface area (Å²) in [5, 5.41) is 5.92. The zero-order valence-corrected chi connectivity index (χ0v) is 11.4. The Bertz CT molecular complexity index is 349. The maximum Gasteiger partial charge on any atom is 0.0327 e. The smallest absolute Gasteiger partial charge is 0.0327 e. The van der Waals surface area contributed by atoms with Gasteiger partial charge in [0.25, 0.3) is 0 Å². The van der Waals surface area contributed by atoms with Crippen molar-refractivity contribution < 1.29 is 0 Å². The summed E-state index contributed by atoms with van der Waals surface area (Å²) in [6.07, 6.45) is 4.23. The van der Waals surface area contributed by atoms with Gasteiger partial charge in [-0.3, -0.25) is 4.90 Å². The monoisotopic (exact) mass is 250 g/mol. The van der Waals surface area contributed by atoms with Gasteiger partial charge >= 0.3 is 0 Å². The van der Waals surface area contributed by atoms with Gasteiger partial charge in [0, 0.05) is 30.1 Å². The first kappa shape index (κ1) is 11.7. The number of rotatable bonds is 5. The zero-order chi connectivity index (χ0) is 11.7. The largest absolute Gasteiger partial charge is 0.311 e. The van der Waals surface area contributed by atoms with Gasteiger partial charge in [-0.2, -0.15) is 0 Å². The van der Waals surface area contributed by atoms with Crippen LogP contribution < -0.4 is 5.32 Å². The molecule has 2 aliphatic rings. The molecule has 0 spiro atoms. The third-order valence-corrected chi connectivity index (χ3v) is 5.19. The van der Waals surface area contributed by atoms with E-state index in [2.05, 4.69) is 34.7 Å². The van der Waals surface area contributed by atoms with E-state index < -0.39 is 0 Å². The zero-order valence-electron chi connectivity index (χ0n) is 10.6. The van der Waals surface area contributed by atoms with E-state index in [9.17, 15) is 0 Å². The molecule has 3 unspecified atom stereocenters. The SMILES string of the molecule is CCN(Cc1cccs1)CC1CC2CCC1N2. The van der Waals surface area contributed by atoms with Crippen LogP contribution in [0.25, 0.3) is 0 Å². The van der Waals surface area contributed by atoms with E-state index in [1.54, 1.807) is 0 Å². The first-order valence-corrected chi connectivity index (χ1v) is 7.74. The van der Waals surface area contributed by atoms with Crippen molar-refractivity contribution in [3.63, 3.8) is 0 Å². The second-order valence-electron chi connectivity index (χ2n) is 5.45. The summed E-state index contributed by atoms with van der Waals surface area (Å²) < 4.78 is 0. The molecule has 94 valence electrons. The van der Waals surface area contributed by atoms with E-state index in [-0.39, 0.29) is 0 Å². The molecule has 3 heterocycles. The maximum absolute atomic E-state index is 3.74. The predicted molar refractivity (Wildman–Crippen MR) is 73.3 cm³/mol. The summed E-state index contributed by atoms with van der Waals surface area (Å²) in [6.45, 7) is 5.88. The van der Waals surface area contributed by atoms with Crippen LogP contribution in [0.5, 0.6) is 0 Å². The van der Waals surface area contributed by atoms with Crippen LogP contribution in [0.4, 0.5) is 0 Å². The fourth-order valence-corrected chi connectivity index (χ4v) is 4.15. The van der Waals surface area contributed by atoms with Crippen molar-refractivity contribution in [1.29, 1.82) is 0 Å². The van der Waals surface area contributed by atoms with Crippen LogP contribution in [0.15, 0.2) is 17.5 Å². The molecule has 0 aliphatic carbocycles. The summed E-state index contributed by atoms with van der Waals surface area (Å²) in [5.41, 5.74) is 0. The minimum Gasteiger partial charge on any atom is -0.311 e. The Labute approximate surface area is 108 Å². The molecule has 2 saturated heterocycles. The molecule has 3 heteroatoms. The number of hydrogen-bond donors (Lipinski definition) is 1. The molecule has 0 saturated carbocycles. The van der Waals surface area contributed by atoms with Gasteiger partial charge in [-0.25, -0.2) is 0 Å². The van der Waals surface area contributed by atoms with Crippen molar-refractivity contribution in [3.8, 4) is 0 Å². The van der Waals surface area contributed by atoms with Gasteiger partial charge in [-0.05, 0) is 43.2 Å². The molecule has 1 aromatic heterocycles. The highest BCUT2D eigenvalue weighted by Gasteiger charge is 2.39. The lowest BCUT2D eigenvalue weighted by Crippen LogP contribution is -2.34. The molecule has 3 rings (SSSR count).